The summed E-state index contributed by atoms with van der Waals surface area (Å²) >= 11 is 1.23. The lowest BCUT2D eigenvalue weighted by atomic mass is 10.2. The minimum absolute atomic E-state index is 0.00371. The molecule has 0 radical (unpaired) electrons. The van der Waals surface area contributed by atoms with Crippen molar-refractivity contribution < 1.29 is 27.9 Å². The van der Waals surface area contributed by atoms with Crippen molar-refractivity contribution in [3.8, 4) is 0 Å². The molecule has 0 saturated heterocycles. The van der Waals surface area contributed by atoms with Gasteiger partial charge in [0.1, 0.15) is 6.61 Å². The smallest absolute Gasteiger partial charge is 0.389 e. The molecule has 0 bridgehead atoms. The van der Waals surface area contributed by atoms with Crippen molar-refractivity contribution in [3.63, 3.8) is 0 Å². The zero-order valence-corrected chi connectivity index (χ0v) is 24.7. The number of carbonyl (C=O) groups is 1. The molecule has 1 atom stereocenters. The molecule has 1 amide bonds. The zero-order chi connectivity index (χ0) is 29.8. The number of amides is 1. The van der Waals surface area contributed by atoms with E-state index in [1.54, 1.807) is 31.2 Å². The molecule has 1 aliphatic heterocycles. The lowest BCUT2D eigenvalue weighted by molar-refractivity contribution is -0.134. The van der Waals surface area contributed by atoms with Gasteiger partial charge in [0, 0.05) is 36.8 Å². The summed E-state index contributed by atoms with van der Waals surface area (Å²) in [5, 5.41) is 14.4. The molecule has 0 saturated carbocycles. The summed E-state index contributed by atoms with van der Waals surface area (Å²) in [6.45, 7) is 17.6. The van der Waals surface area contributed by atoms with Crippen molar-refractivity contribution in [2.45, 2.75) is 73.5 Å². The second-order valence-corrected chi connectivity index (χ2v) is 7.87. The first-order valence-corrected chi connectivity index (χ1v) is 14.0. The SMILES string of the molecule is C=CO.CC.CC.CCO/N=C(\CSCCCC(F)(F)F)C(=O)N(CC)/C(C)=C/NC1C=CC=CCN=C1. The van der Waals surface area contributed by atoms with E-state index in [1.807, 2.05) is 58.9 Å². The first-order valence-electron chi connectivity index (χ1n) is 12.9. The average molecular weight is 565 g/mol. The highest BCUT2D eigenvalue weighted by Crippen LogP contribution is 2.22. The molecule has 0 aromatic carbocycles. The van der Waals surface area contributed by atoms with Gasteiger partial charge in [0.05, 0.1) is 18.8 Å². The van der Waals surface area contributed by atoms with Gasteiger partial charge in [-0.15, -0.1) is 0 Å². The molecule has 7 nitrogen and oxygen atoms in total. The van der Waals surface area contributed by atoms with Crippen molar-refractivity contribution in [2.75, 3.05) is 31.2 Å². The molecule has 2 N–H and O–H groups in total. The summed E-state index contributed by atoms with van der Waals surface area (Å²) in [4.78, 5) is 23.9. The average Bonchev–Trinajstić information content (AvgIpc) is 2.87. The maximum Gasteiger partial charge on any atom is 0.389 e. The molecule has 1 heterocycles. The number of nitrogens with zero attached hydrogens (tertiary/aromatic N) is 3. The van der Waals surface area contributed by atoms with E-state index < -0.39 is 12.6 Å². The molecule has 1 unspecified atom stereocenters. The Labute approximate surface area is 231 Å². The molecule has 0 aliphatic carbocycles. The molecule has 0 aromatic rings. The predicted molar refractivity (Wildman–Crippen MR) is 157 cm³/mol. The van der Waals surface area contributed by atoms with Gasteiger partial charge in [-0.3, -0.25) is 9.79 Å². The van der Waals surface area contributed by atoms with Crippen LogP contribution >= 0.6 is 11.8 Å². The summed E-state index contributed by atoms with van der Waals surface area (Å²) in [5.41, 5.74) is 0.851. The number of allylic oxidation sites excluding steroid dienone is 3. The van der Waals surface area contributed by atoms with Crippen molar-refractivity contribution in [2.24, 2.45) is 10.1 Å². The molecule has 220 valence electrons. The van der Waals surface area contributed by atoms with Crippen LogP contribution in [0.4, 0.5) is 13.2 Å². The molecule has 1 rings (SSSR count). The monoisotopic (exact) mass is 564 g/mol. The quantitative estimate of drug-likeness (QED) is 0.115. The maximum atomic E-state index is 13.0. The minimum atomic E-state index is -4.17. The third-order valence-corrected chi connectivity index (χ3v) is 5.11. The number of hydrogen-bond donors (Lipinski definition) is 2. The van der Waals surface area contributed by atoms with Crippen LogP contribution in [0.15, 0.2) is 59.2 Å². The van der Waals surface area contributed by atoms with Crippen LogP contribution in [0.25, 0.3) is 0 Å². The highest BCUT2D eigenvalue weighted by Gasteiger charge is 2.26. The molecular formula is C27H47F3N4O3S. The Kier molecular flexibility index (Phi) is 28.7. The Morgan fingerprint density at radius 1 is 1.29 bits per heavy atom. The Morgan fingerprint density at radius 2 is 1.92 bits per heavy atom. The van der Waals surface area contributed by atoms with E-state index in [0.29, 0.717) is 25.4 Å². The highest BCUT2D eigenvalue weighted by atomic mass is 32.2. The van der Waals surface area contributed by atoms with Gasteiger partial charge in [-0.2, -0.15) is 24.9 Å². The number of aliphatic hydroxyl groups excluding tert-OH is 1. The Morgan fingerprint density at radius 3 is 2.47 bits per heavy atom. The van der Waals surface area contributed by atoms with Crippen LogP contribution in [-0.4, -0.2) is 71.3 Å². The normalized spacial score (nSPS) is 14.7. The van der Waals surface area contributed by atoms with Crippen molar-refractivity contribution in [1.82, 2.24) is 10.2 Å². The largest absolute Gasteiger partial charge is 0.516 e. The number of thioether (sulfide) groups is 1. The van der Waals surface area contributed by atoms with Gasteiger partial charge in [0.25, 0.3) is 5.91 Å². The maximum absolute atomic E-state index is 13.0. The number of carbonyl (C=O) groups excluding carboxylic acids is 1. The minimum Gasteiger partial charge on any atom is -0.516 e. The van der Waals surface area contributed by atoms with Gasteiger partial charge in [0.15, 0.2) is 5.71 Å². The van der Waals surface area contributed by atoms with Crippen LogP contribution < -0.4 is 5.32 Å². The number of halogens is 3. The fraction of sp³-hybridized carbons (Fsp3) is 0.593. The van der Waals surface area contributed by atoms with E-state index >= 15 is 0 Å². The number of nitrogens with one attached hydrogen (secondary N) is 1. The number of aliphatic hydroxyl groups is 1. The van der Waals surface area contributed by atoms with Gasteiger partial charge in [-0.25, -0.2) is 0 Å². The summed E-state index contributed by atoms with van der Waals surface area (Å²) in [7, 11) is 0. The first kappa shape index (κ1) is 39.8. The van der Waals surface area contributed by atoms with Crippen LogP contribution in [0, 0.1) is 0 Å². The van der Waals surface area contributed by atoms with Gasteiger partial charge in [-0.1, -0.05) is 63.7 Å². The van der Waals surface area contributed by atoms with E-state index in [4.69, 9.17) is 9.94 Å². The van der Waals surface area contributed by atoms with E-state index in [9.17, 15) is 18.0 Å². The van der Waals surface area contributed by atoms with E-state index in [1.165, 1.54) is 11.8 Å². The van der Waals surface area contributed by atoms with Gasteiger partial charge < -0.3 is 20.2 Å². The summed E-state index contributed by atoms with van der Waals surface area (Å²) in [6.07, 6.45) is 7.02. The number of oxime groups is 1. The number of aliphatic imine (C=N–C) groups is 1. The molecule has 0 spiro atoms. The van der Waals surface area contributed by atoms with E-state index in [-0.39, 0.29) is 35.6 Å². The van der Waals surface area contributed by atoms with Gasteiger partial charge in [-0.05, 0) is 32.9 Å². The summed E-state index contributed by atoms with van der Waals surface area (Å²) in [6, 6.07) is -0.102. The Hall–Kier alpha value is -2.69. The lowest BCUT2D eigenvalue weighted by Crippen LogP contribution is -2.37. The predicted octanol–water partition coefficient (Wildman–Crippen LogP) is 7.06. The molecule has 0 aromatic heterocycles. The molecular weight excluding hydrogens is 517 g/mol. The van der Waals surface area contributed by atoms with Crippen molar-refractivity contribution in [1.29, 1.82) is 0 Å². The van der Waals surface area contributed by atoms with Gasteiger partial charge in [0.2, 0.25) is 0 Å². The fourth-order valence-corrected chi connectivity index (χ4v) is 3.39. The molecule has 38 heavy (non-hydrogen) atoms. The molecule has 11 heteroatoms. The Bertz CT molecular complexity index is 752. The third kappa shape index (κ3) is 22.5. The molecule has 1 aliphatic rings. The number of rotatable bonds is 12. The van der Waals surface area contributed by atoms with Crippen molar-refractivity contribution >= 4 is 29.6 Å². The van der Waals surface area contributed by atoms with Crippen LogP contribution in [-0.2, 0) is 9.63 Å². The molecule has 0 fully saturated rings. The van der Waals surface area contributed by atoms with Crippen molar-refractivity contribution in [3.05, 3.63) is 49.0 Å². The third-order valence-electron chi connectivity index (χ3n) is 4.05. The van der Waals surface area contributed by atoms with Crippen LogP contribution in [0.3, 0.4) is 0 Å². The highest BCUT2D eigenvalue weighted by molar-refractivity contribution is 8.00. The first-order chi connectivity index (χ1) is 18.2. The van der Waals surface area contributed by atoms with Crippen LogP contribution in [0.2, 0.25) is 0 Å². The second-order valence-electron chi connectivity index (χ2n) is 6.76. The topological polar surface area (TPSA) is 86.5 Å². The van der Waals surface area contributed by atoms with Crippen LogP contribution in [0.1, 0.15) is 61.3 Å². The number of hydrogen-bond acceptors (Lipinski definition) is 7. The fourth-order valence-electron chi connectivity index (χ4n) is 2.52. The van der Waals surface area contributed by atoms with Crippen LogP contribution in [0.5, 0.6) is 0 Å². The summed E-state index contributed by atoms with van der Waals surface area (Å²) < 4.78 is 36.9. The standard InChI is InChI=1S/C21H31F3N4O2S.C2H4O.2C2H6/c1-4-28(17(3)14-26-18-10-7-6-8-12-25-15-18)20(29)19(27-30-5-2)16-31-13-9-11-21(22,23)24;1-2-3;2*1-2/h6-8,10,14-15,18,26H,4-5,9,11-13,16H2,1-3H3;2-3H,1H2;2*1-2H3/b8-6?,10-7?,17-14+,25-15?,27-19+;;;. The second kappa shape index (κ2) is 27.3. The zero-order valence-electron chi connectivity index (χ0n) is 23.9. The number of alkyl halides is 3. The van der Waals surface area contributed by atoms with E-state index in [2.05, 4.69) is 22.0 Å². The Balaban J connectivity index is -0.00000159. The lowest BCUT2D eigenvalue weighted by Gasteiger charge is -2.23. The summed E-state index contributed by atoms with van der Waals surface area (Å²) in [5.74, 6) is 0.125. The van der Waals surface area contributed by atoms with Gasteiger partial charge >= 0.3 is 6.18 Å². The van der Waals surface area contributed by atoms with E-state index in [0.717, 1.165) is 6.26 Å².